The van der Waals surface area contributed by atoms with Crippen molar-refractivity contribution >= 4 is 39.0 Å². The van der Waals surface area contributed by atoms with Crippen molar-refractivity contribution in [3.8, 4) is 0 Å². The van der Waals surface area contributed by atoms with Crippen LogP contribution in [-0.4, -0.2) is 10.9 Å². The Morgan fingerprint density at radius 1 is 1.04 bits per heavy atom. The van der Waals surface area contributed by atoms with Crippen LogP contribution >= 0.6 is 15.9 Å². The SMILES string of the molecule is Cc1cccc(Nc2ccc(NC(=O)Cc3ccc(Br)cc3)nc2)c1. The number of halogens is 1. The van der Waals surface area contributed by atoms with Crippen LogP contribution in [0.5, 0.6) is 0 Å². The molecule has 4 nitrogen and oxygen atoms in total. The molecule has 0 aliphatic carbocycles. The standard InChI is InChI=1S/C20H18BrN3O/c1-14-3-2-4-17(11-14)23-18-9-10-19(22-13-18)24-20(25)12-15-5-7-16(21)8-6-15/h2-11,13,23H,12H2,1H3,(H,22,24,25). The fourth-order valence-corrected chi connectivity index (χ4v) is 2.67. The summed E-state index contributed by atoms with van der Waals surface area (Å²) in [5, 5.41) is 6.11. The molecule has 0 bridgehead atoms. The third-order valence-electron chi connectivity index (χ3n) is 3.62. The minimum atomic E-state index is -0.0887. The first-order valence-electron chi connectivity index (χ1n) is 7.92. The van der Waals surface area contributed by atoms with Crippen molar-refractivity contribution in [2.75, 3.05) is 10.6 Å². The van der Waals surface area contributed by atoms with E-state index in [1.165, 1.54) is 5.56 Å². The summed E-state index contributed by atoms with van der Waals surface area (Å²) < 4.78 is 0.995. The number of hydrogen-bond acceptors (Lipinski definition) is 3. The molecular weight excluding hydrogens is 378 g/mol. The number of carbonyl (C=O) groups is 1. The molecule has 2 aromatic carbocycles. The molecule has 0 aliphatic rings. The minimum absolute atomic E-state index is 0.0887. The Morgan fingerprint density at radius 2 is 1.84 bits per heavy atom. The van der Waals surface area contributed by atoms with E-state index in [0.717, 1.165) is 21.4 Å². The zero-order chi connectivity index (χ0) is 17.6. The lowest BCUT2D eigenvalue weighted by Crippen LogP contribution is -2.15. The van der Waals surface area contributed by atoms with Crippen molar-refractivity contribution < 1.29 is 4.79 Å². The van der Waals surface area contributed by atoms with Gasteiger partial charge in [-0.15, -0.1) is 0 Å². The highest BCUT2D eigenvalue weighted by Gasteiger charge is 2.05. The van der Waals surface area contributed by atoms with Crippen molar-refractivity contribution in [1.82, 2.24) is 4.98 Å². The third kappa shape index (κ3) is 5.16. The van der Waals surface area contributed by atoms with Gasteiger partial charge in [0.2, 0.25) is 5.91 Å². The highest BCUT2D eigenvalue weighted by Crippen LogP contribution is 2.18. The molecule has 0 unspecified atom stereocenters. The Labute approximate surface area is 155 Å². The van der Waals surface area contributed by atoms with Crippen LogP contribution in [0, 0.1) is 6.92 Å². The van der Waals surface area contributed by atoms with Gasteiger partial charge in [0.15, 0.2) is 0 Å². The normalized spacial score (nSPS) is 10.3. The summed E-state index contributed by atoms with van der Waals surface area (Å²) in [7, 11) is 0. The molecule has 1 aromatic heterocycles. The molecule has 3 aromatic rings. The van der Waals surface area contributed by atoms with E-state index >= 15 is 0 Å². The first-order valence-corrected chi connectivity index (χ1v) is 8.72. The molecule has 1 heterocycles. The van der Waals surface area contributed by atoms with E-state index in [9.17, 15) is 4.79 Å². The van der Waals surface area contributed by atoms with Crippen LogP contribution in [0.1, 0.15) is 11.1 Å². The Bertz CT molecular complexity index is 861. The van der Waals surface area contributed by atoms with E-state index < -0.39 is 0 Å². The number of benzene rings is 2. The van der Waals surface area contributed by atoms with Gasteiger partial charge in [-0.3, -0.25) is 4.79 Å². The van der Waals surface area contributed by atoms with E-state index in [1.807, 2.05) is 55.5 Å². The average molecular weight is 396 g/mol. The second kappa shape index (κ2) is 7.94. The number of nitrogens with zero attached hydrogens (tertiary/aromatic N) is 1. The summed E-state index contributed by atoms with van der Waals surface area (Å²) in [5.74, 6) is 0.450. The lowest BCUT2D eigenvalue weighted by Gasteiger charge is -2.08. The highest BCUT2D eigenvalue weighted by atomic mass is 79.9. The number of nitrogens with one attached hydrogen (secondary N) is 2. The van der Waals surface area contributed by atoms with Crippen LogP contribution in [0.25, 0.3) is 0 Å². The summed E-state index contributed by atoms with van der Waals surface area (Å²) in [6.45, 7) is 2.05. The number of aryl methyl sites for hydroxylation is 1. The van der Waals surface area contributed by atoms with Gasteiger partial charge in [0.05, 0.1) is 18.3 Å². The van der Waals surface area contributed by atoms with Crippen LogP contribution < -0.4 is 10.6 Å². The van der Waals surface area contributed by atoms with Crippen molar-refractivity contribution in [3.63, 3.8) is 0 Å². The number of anilines is 3. The number of hydrogen-bond donors (Lipinski definition) is 2. The predicted octanol–water partition coefficient (Wildman–Crippen LogP) is 5.08. The minimum Gasteiger partial charge on any atom is -0.354 e. The van der Waals surface area contributed by atoms with Crippen LogP contribution in [0.2, 0.25) is 0 Å². The van der Waals surface area contributed by atoms with Crippen molar-refractivity contribution in [1.29, 1.82) is 0 Å². The van der Waals surface area contributed by atoms with Gasteiger partial charge in [0.1, 0.15) is 5.82 Å². The molecular formula is C20H18BrN3O. The molecule has 5 heteroatoms. The molecule has 3 rings (SSSR count). The molecule has 0 spiro atoms. The van der Waals surface area contributed by atoms with Gasteiger partial charge < -0.3 is 10.6 Å². The largest absolute Gasteiger partial charge is 0.354 e. The summed E-state index contributed by atoms with van der Waals surface area (Å²) in [5.41, 5.74) is 4.03. The number of aromatic nitrogens is 1. The number of amides is 1. The van der Waals surface area contributed by atoms with Gasteiger partial charge in [-0.1, -0.05) is 40.2 Å². The molecule has 0 fully saturated rings. The number of pyridine rings is 1. The van der Waals surface area contributed by atoms with E-state index in [2.05, 4.69) is 37.6 Å². The quantitative estimate of drug-likeness (QED) is 0.633. The molecule has 126 valence electrons. The molecule has 0 saturated carbocycles. The Balaban J connectivity index is 1.58. The van der Waals surface area contributed by atoms with Crippen LogP contribution in [-0.2, 0) is 11.2 Å². The Morgan fingerprint density at radius 3 is 2.52 bits per heavy atom. The van der Waals surface area contributed by atoms with Gasteiger partial charge in [-0.2, -0.15) is 0 Å². The second-order valence-electron chi connectivity index (χ2n) is 5.78. The zero-order valence-corrected chi connectivity index (χ0v) is 15.4. The fourth-order valence-electron chi connectivity index (χ4n) is 2.41. The highest BCUT2D eigenvalue weighted by molar-refractivity contribution is 9.10. The summed E-state index contributed by atoms with van der Waals surface area (Å²) in [6.07, 6.45) is 2.02. The van der Waals surface area contributed by atoms with Gasteiger partial charge >= 0.3 is 0 Å². The van der Waals surface area contributed by atoms with Gasteiger partial charge in [-0.05, 0) is 54.4 Å². The van der Waals surface area contributed by atoms with Crippen molar-refractivity contribution in [3.05, 3.63) is 82.5 Å². The lowest BCUT2D eigenvalue weighted by atomic mass is 10.1. The van der Waals surface area contributed by atoms with Crippen LogP contribution in [0.4, 0.5) is 17.2 Å². The van der Waals surface area contributed by atoms with Gasteiger partial charge in [0.25, 0.3) is 0 Å². The molecule has 1 amide bonds. The maximum atomic E-state index is 12.1. The molecule has 0 saturated heterocycles. The smallest absolute Gasteiger partial charge is 0.229 e. The molecule has 25 heavy (non-hydrogen) atoms. The third-order valence-corrected chi connectivity index (χ3v) is 4.14. The first-order chi connectivity index (χ1) is 12.1. The summed E-state index contributed by atoms with van der Waals surface area (Å²) >= 11 is 3.38. The van der Waals surface area contributed by atoms with E-state index in [0.29, 0.717) is 12.2 Å². The maximum absolute atomic E-state index is 12.1. The predicted molar refractivity (Wildman–Crippen MR) is 105 cm³/mol. The van der Waals surface area contributed by atoms with E-state index in [4.69, 9.17) is 0 Å². The van der Waals surface area contributed by atoms with E-state index in [1.54, 1.807) is 12.3 Å². The summed E-state index contributed by atoms with van der Waals surface area (Å²) in [4.78, 5) is 16.4. The summed E-state index contributed by atoms with van der Waals surface area (Å²) in [6, 6.07) is 19.5. The van der Waals surface area contributed by atoms with Gasteiger partial charge in [-0.25, -0.2) is 4.98 Å². The Kier molecular flexibility index (Phi) is 5.46. The fraction of sp³-hybridized carbons (Fsp3) is 0.100. The van der Waals surface area contributed by atoms with Gasteiger partial charge in [0, 0.05) is 10.2 Å². The molecule has 0 atom stereocenters. The number of rotatable bonds is 5. The number of carbonyl (C=O) groups excluding carboxylic acids is 1. The van der Waals surface area contributed by atoms with Crippen molar-refractivity contribution in [2.45, 2.75) is 13.3 Å². The molecule has 0 radical (unpaired) electrons. The second-order valence-corrected chi connectivity index (χ2v) is 6.69. The molecule has 0 aliphatic heterocycles. The van der Waals surface area contributed by atoms with E-state index in [-0.39, 0.29) is 5.91 Å². The zero-order valence-electron chi connectivity index (χ0n) is 13.8. The molecule has 2 N–H and O–H groups in total. The average Bonchev–Trinajstić information content (AvgIpc) is 2.59. The topological polar surface area (TPSA) is 54.0 Å². The maximum Gasteiger partial charge on any atom is 0.229 e. The first kappa shape index (κ1) is 17.2. The monoisotopic (exact) mass is 395 g/mol. The van der Waals surface area contributed by atoms with Crippen LogP contribution in [0.3, 0.4) is 0 Å². The van der Waals surface area contributed by atoms with Crippen LogP contribution in [0.15, 0.2) is 71.3 Å². The van der Waals surface area contributed by atoms with Crippen molar-refractivity contribution in [2.24, 2.45) is 0 Å². The Hall–Kier alpha value is -2.66. The lowest BCUT2D eigenvalue weighted by molar-refractivity contribution is -0.115.